The molecule has 0 bridgehead atoms. The van der Waals surface area contributed by atoms with Crippen LogP contribution in [0.4, 0.5) is 5.00 Å². The van der Waals surface area contributed by atoms with Crippen molar-refractivity contribution in [2.24, 2.45) is 5.73 Å². The Bertz CT molecular complexity index is 500. The number of aryl methyl sites for hydroxylation is 1. The summed E-state index contributed by atoms with van der Waals surface area (Å²) in [4.78, 5) is 13.8. The molecule has 1 amide bonds. The van der Waals surface area contributed by atoms with E-state index in [1.54, 1.807) is 11.3 Å². The molecule has 0 atom stereocenters. The number of fused-ring (bicyclic) bond motifs is 1. The highest BCUT2D eigenvalue weighted by Crippen LogP contribution is 2.38. The smallest absolute Gasteiger partial charge is 0.245 e. The van der Waals surface area contributed by atoms with E-state index < -0.39 is 5.54 Å². The predicted octanol–water partition coefficient (Wildman–Crippen LogP) is 3.15. The summed E-state index contributed by atoms with van der Waals surface area (Å²) in [6.07, 6.45) is 8.69. The monoisotopic (exact) mass is 278 g/mol. The van der Waals surface area contributed by atoms with Crippen LogP contribution in [-0.2, 0) is 17.6 Å². The molecule has 3 N–H and O–H groups in total. The number of carbonyl (C=O) groups is 1. The lowest BCUT2D eigenvalue weighted by Crippen LogP contribution is -2.48. The Morgan fingerprint density at radius 1 is 1.21 bits per heavy atom. The van der Waals surface area contributed by atoms with Gasteiger partial charge in [0.25, 0.3) is 0 Å². The number of amides is 1. The highest BCUT2D eigenvalue weighted by Gasteiger charge is 2.37. The van der Waals surface area contributed by atoms with Crippen LogP contribution in [0.2, 0.25) is 0 Å². The number of carbonyl (C=O) groups excluding carboxylic acids is 1. The van der Waals surface area contributed by atoms with Gasteiger partial charge in [-0.15, -0.1) is 11.3 Å². The van der Waals surface area contributed by atoms with Crippen molar-refractivity contribution in [2.75, 3.05) is 5.32 Å². The zero-order valence-electron chi connectivity index (χ0n) is 11.6. The minimum absolute atomic E-state index is 0.0201. The summed E-state index contributed by atoms with van der Waals surface area (Å²) < 4.78 is 0. The average Bonchev–Trinajstić information content (AvgIpc) is 2.97. The summed E-state index contributed by atoms with van der Waals surface area (Å²) in [5, 5.41) is 4.14. The van der Waals surface area contributed by atoms with Gasteiger partial charge in [0.05, 0.1) is 10.5 Å². The molecule has 1 fully saturated rings. The molecule has 0 aromatic carbocycles. The molecule has 0 saturated heterocycles. The molecule has 2 aliphatic rings. The molecule has 0 unspecified atom stereocenters. The number of hydrogen-bond donors (Lipinski definition) is 2. The Morgan fingerprint density at radius 2 is 1.89 bits per heavy atom. The topological polar surface area (TPSA) is 55.1 Å². The Kier molecular flexibility index (Phi) is 3.39. The van der Waals surface area contributed by atoms with E-state index in [0.717, 1.165) is 30.7 Å². The molecule has 19 heavy (non-hydrogen) atoms. The number of rotatable bonds is 2. The quantitative estimate of drug-likeness (QED) is 0.873. The fourth-order valence-corrected chi connectivity index (χ4v) is 4.59. The first-order chi connectivity index (χ1) is 9.10. The van der Waals surface area contributed by atoms with Crippen molar-refractivity contribution in [2.45, 2.75) is 63.8 Å². The fraction of sp³-hybridized carbons (Fsp3) is 0.667. The van der Waals surface area contributed by atoms with Crippen molar-refractivity contribution in [1.82, 2.24) is 0 Å². The van der Waals surface area contributed by atoms with Crippen molar-refractivity contribution in [1.29, 1.82) is 0 Å². The summed E-state index contributed by atoms with van der Waals surface area (Å²) in [6, 6.07) is 0. The molecule has 1 saturated carbocycles. The maximum Gasteiger partial charge on any atom is 0.245 e. The lowest BCUT2D eigenvalue weighted by atomic mass is 9.95. The van der Waals surface area contributed by atoms with Gasteiger partial charge in [-0.3, -0.25) is 4.79 Å². The first-order valence-corrected chi connectivity index (χ1v) is 8.13. The van der Waals surface area contributed by atoms with Crippen molar-refractivity contribution >= 4 is 22.2 Å². The van der Waals surface area contributed by atoms with Gasteiger partial charge in [0.15, 0.2) is 0 Å². The second-order valence-corrected chi connectivity index (χ2v) is 7.09. The third-order valence-electron chi connectivity index (χ3n) is 4.61. The Hall–Kier alpha value is -0.870. The summed E-state index contributed by atoms with van der Waals surface area (Å²) in [7, 11) is 0. The maximum absolute atomic E-state index is 12.4. The lowest BCUT2D eigenvalue weighted by Gasteiger charge is -2.22. The van der Waals surface area contributed by atoms with Crippen molar-refractivity contribution in [3.05, 3.63) is 16.0 Å². The molecule has 0 radical (unpaired) electrons. The van der Waals surface area contributed by atoms with Crippen LogP contribution in [0.3, 0.4) is 0 Å². The van der Waals surface area contributed by atoms with E-state index in [1.165, 1.54) is 41.7 Å². The zero-order valence-corrected chi connectivity index (χ0v) is 12.4. The van der Waals surface area contributed by atoms with Crippen LogP contribution in [0.25, 0.3) is 0 Å². The van der Waals surface area contributed by atoms with Gasteiger partial charge in [-0.2, -0.15) is 0 Å². The van der Waals surface area contributed by atoms with E-state index in [-0.39, 0.29) is 5.91 Å². The molecule has 0 aliphatic heterocycles. The van der Waals surface area contributed by atoms with Gasteiger partial charge in [0.2, 0.25) is 5.91 Å². The Morgan fingerprint density at radius 3 is 2.58 bits per heavy atom. The molecule has 4 heteroatoms. The molecule has 3 rings (SSSR count). The number of hydrogen-bond acceptors (Lipinski definition) is 3. The summed E-state index contributed by atoms with van der Waals surface area (Å²) in [5.74, 6) is 0.0201. The second-order valence-electron chi connectivity index (χ2n) is 5.98. The lowest BCUT2D eigenvalue weighted by molar-refractivity contribution is -0.120. The SMILES string of the molecule is Cc1c(NC(=O)C2(N)CCCC2)sc2c1CCCC2. The number of anilines is 1. The van der Waals surface area contributed by atoms with Crippen LogP contribution >= 0.6 is 11.3 Å². The van der Waals surface area contributed by atoms with Gasteiger partial charge in [0.1, 0.15) is 0 Å². The number of thiophene rings is 1. The summed E-state index contributed by atoms with van der Waals surface area (Å²) in [6.45, 7) is 2.13. The van der Waals surface area contributed by atoms with Crippen LogP contribution in [0.1, 0.15) is 54.5 Å². The van der Waals surface area contributed by atoms with Crippen molar-refractivity contribution < 1.29 is 4.79 Å². The summed E-state index contributed by atoms with van der Waals surface area (Å²) >= 11 is 1.76. The minimum Gasteiger partial charge on any atom is -0.317 e. The summed E-state index contributed by atoms with van der Waals surface area (Å²) in [5.41, 5.74) is 8.34. The standard InChI is InChI=1S/C15H22N2OS/c1-10-11-6-2-3-7-12(11)19-13(10)17-14(18)15(16)8-4-5-9-15/h2-9,16H2,1H3,(H,17,18). The van der Waals surface area contributed by atoms with E-state index in [2.05, 4.69) is 12.2 Å². The first kappa shape index (κ1) is 13.1. The molecule has 1 aromatic rings. The molecule has 1 aromatic heterocycles. The molecule has 2 aliphatic carbocycles. The Balaban J connectivity index is 1.80. The molecule has 3 nitrogen and oxygen atoms in total. The number of nitrogens with one attached hydrogen (secondary N) is 1. The normalized spacial score (nSPS) is 21.2. The van der Waals surface area contributed by atoms with Crippen LogP contribution in [0, 0.1) is 6.92 Å². The highest BCUT2D eigenvalue weighted by molar-refractivity contribution is 7.16. The maximum atomic E-state index is 12.4. The Labute approximate surface area is 118 Å². The van der Waals surface area contributed by atoms with Crippen LogP contribution < -0.4 is 11.1 Å². The first-order valence-electron chi connectivity index (χ1n) is 7.32. The van der Waals surface area contributed by atoms with E-state index in [1.807, 2.05) is 0 Å². The largest absolute Gasteiger partial charge is 0.317 e. The van der Waals surface area contributed by atoms with Gasteiger partial charge in [-0.25, -0.2) is 0 Å². The number of nitrogens with two attached hydrogens (primary N) is 1. The van der Waals surface area contributed by atoms with E-state index in [4.69, 9.17) is 5.73 Å². The van der Waals surface area contributed by atoms with Gasteiger partial charge < -0.3 is 11.1 Å². The van der Waals surface area contributed by atoms with Gasteiger partial charge in [-0.05, 0) is 56.6 Å². The van der Waals surface area contributed by atoms with Crippen molar-refractivity contribution in [3.63, 3.8) is 0 Å². The molecule has 104 valence electrons. The highest BCUT2D eigenvalue weighted by atomic mass is 32.1. The third-order valence-corrected chi connectivity index (χ3v) is 5.92. The van der Waals surface area contributed by atoms with Gasteiger partial charge >= 0.3 is 0 Å². The molecule has 1 heterocycles. The third kappa shape index (κ3) is 2.32. The van der Waals surface area contributed by atoms with Crippen LogP contribution in [0.5, 0.6) is 0 Å². The van der Waals surface area contributed by atoms with E-state index >= 15 is 0 Å². The van der Waals surface area contributed by atoms with E-state index in [0.29, 0.717) is 0 Å². The predicted molar refractivity (Wildman–Crippen MR) is 79.7 cm³/mol. The molecular weight excluding hydrogens is 256 g/mol. The van der Waals surface area contributed by atoms with E-state index in [9.17, 15) is 4.79 Å². The minimum atomic E-state index is -0.628. The fourth-order valence-electron chi connectivity index (χ4n) is 3.30. The zero-order chi connectivity index (χ0) is 13.5. The second kappa shape index (κ2) is 4.91. The van der Waals surface area contributed by atoms with Gasteiger partial charge in [0, 0.05) is 4.88 Å². The van der Waals surface area contributed by atoms with Crippen LogP contribution in [-0.4, -0.2) is 11.4 Å². The molecule has 0 spiro atoms. The van der Waals surface area contributed by atoms with Crippen LogP contribution in [0.15, 0.2) is 0 Å². The van der Waals surface area contributed by atoms with Crippen molar-refractivity contribution in [3.8, 4) is 0 Å². The average molecular weight is 278 g/mol. The van der Waals surface area contributed by atoms with Gasteiger partial charge in [-0.1, -0.05) is 12.8 Å². The molecular formula is C15H22N2OS.